The third-order valence-corrected chi connectivity index (χ3v) is 5.10. The topological polar surface area (TPSA) is 56.0 Å². The Morgan fingerprint density at radius 3 is 2.73 bits per heavy atom. The number of aryl methyl sites for hydroxylation is 1. The highest BCUT2D eigenvalue weighted by atomic mass is 16.2. The van der Waals surface area contributed by atoms with Crippen LogP contribution < -0.4 is 0 Å². The first kappa shape index (κ1) is 16.6. The number of nitrogens with zero attached hydrogens (tertiary/aromatic N) is 5. The average molecular weight is 349 g/mol. The molecule has 0 bridgehead atoms. The average Bonchev–Trinajstić information content (AvgIpc) is 3.37. The van der Waals surface area contributed by atoms with Crippen LogP contribution in [-0.2, 0) is 6.54 Å². The van der Waals surface area contributed by atoms with E-state index < -0.39 is 0 Å². The summed E-state index contributed by atoms with van der Waals surface area (Å²) < 4.78 is 3.77. The van der Waals surface area contributed by atoms with Gasteiger partial charge >= 0.3 is 0 Å². The van der Waals surface area contributed by atoms with Crippen LogP contribution in [0.1, 0.15) is 34.6 Å². The molecule has 0 saturated carbocycles. The lowest BCUT2D eigenvalue weighted by atomic mass is 10.1. The van der Waals surface area contributed by atoms with Gasteiger partial charge in [-0.15, -0.1) is 0 Å². The third-order valence-electron chi connectivity index (χ3n) is 5.10. The molecule has 1 atom stereocenters. The molecule has 1 saturated heterocycles. The maximum Gasteiger partial charge on any atom is 0.257 e. The summed E-state index contributed by atoms with van der Waals surface area (Å²) in [5.74, 6) is 0.0804. The Morgan fingerprint density at radius 1 is 1.19 bits per heavy atom. The summed E-state index contributed by atoms with van der Waals surface area (Å²) in [5.41, 5.74) is 3.37. The summed E-state index contributed by atoms with van der Waals surface area (Å²) in [6.45, 7) is 5.42. The highest BCUT2D eigenvalue weighted by Crippen LogP contribution is 2.25. The van der Waals surface area contributed by atoms with E-state index in [1.54, 1.807) is 6.20 Å². The first-order chi connectivity index (χ1) is 12.6. The van der Waals surface area contributed by atoms with Crippen molar-refractivity contribution in [2.45, 2.75) is 39.3 Å². The van der Waals surface area contributed by atoms with Gasteiger partial charge in [0.2, 0.25) is 0 Å². The van der Waals surface area contributed by atoms with Crippen LogP contribution in [0, 0.1) is 13.8 Å². The Balaban J connectivity index is 1.63. The molecule has 1 aliphatic heterocycles. The molecule has 3 heterocycles. The molecule has 1 aliphatic rings. The van der Waals surface area contributed by atoms with Crippen molar-refractivity contribution in [2.75, 3.05) is 6.54 Å². The summed E-state index contributed by atoms with van der Waals surface area (Å²) in [7, 11) is 0. The summed E-state index contributed by atoms with van der Waals surface area (Å²) in [4.78, 5) is 15.3. The summed E-state index contributed by atoms with van der Waals surface area (Å²) >= 11 is 0. The van der Waals surface area contributed by atoms with E-state index in [9.17, 15) is 4.79 Å². The molecule has 6 nitrogen and oxygen atoms in total. The van der Waals surface area contributed by atoms with Gasteiger partial charge in [0.15, 0.2) is 0 Å². The number of rotatable bonds is 4. The van der Waals surface area contributed by atoms with E-state index in [-0.39, 0.29) is 11.9 Å². The Kier molecular flexibility index (Phi) is 4.32. The summed E-state index contributed by atoms with van der Waals surface area (Å²) in [5, 5.41) is 8.91. The molecule has 3 aromatic rings. The molecule has 1 amide bonds. The molecule has 2 aromatic heterocycles. The predicted molar refractivity (Wildman–Crippen MR) is 99.3 cm³/mol. The van der Waals surface area contributed by atoms with Crippen molar-refractivity contribution in [3.8, 4) is 5.69 Å². The molecule has 26 heavy (non-hydrogen) atoms. The van der Waals surface area contributed by atoms with Crippen LogP contribution >= 0.6 is 0 Å². The zero-order valence-corrected chi connectivity index (χ0v) is 15.2. The van der Waals surface area contributed by atoms with E-state index in [1.165, 1.54) is 0 Å². The fraction of sp³-hybridized carbons (Fsp3) is 0.350. The molecule has 6 heteroatoms. The quantitative estimate of drug-likeness (QED) is 0.728. The lowest BCUT2D eigenvalue weighted by Crippen LogP contribution is -2.38. The minimum absolute atomic E-state index is 0.0804. The van der Waals surface area contributed by atoms with Gasteiger partial charge in [-0.2, -0.15) is 10.2 Å². The van der Waals surface area contributed by atoms with Crippen LogP contribution in [0.4, 0.5) is 0 Å². The normalized spacial score (nSPS) is 17.0. The van der Waals surface area contributed by atoms with E-state index in [0.29, 0.717) is 0 Å². The lowest BCUT2D eigenvalue weighted by molar-refractivity contribution is 0.0720. The van der Waals surface area contributed by atoms with Gasteiger partial charge in [-0.1, -0.05) is 18.2 Å². The maximum absolute atomic E-state index is 13.3. The number of carbonyl (C=O) groups excluding carboxylic acids is 1. The number of hydrogen-bond acceptors (Lipinski definition) is 3. The molecular weight excluding hydrogens is 326 g/mol. The first-order valence-corrected chi connectivity index (χ1v) is 9.05. The number of aromatic nitrogens is 4. The predicted octanol–water partition coefficient (Wildman–Crippen LogP) is 2.99. The van der Waals surface area contributed by atoms with Gasteiger partial charge in [-0.05, 0) is 44.9 Å². The zero-order chi connectivity index (χ0) is 18.1. The van der Waals surface area contributed by atoms with Crippen molar-refractivity contribution in [3.63, 3.8) is 0 Å². The van der Waals surface area contributed by atoms with Crippen molar-refractivity contribution in [2.24, 2.45) is 0 Å². The Labute approximate surface area is 153 Å². The number of amides is 1. The largest absolute Gasteiger partial charge is 0.334 e. The second kappa shape index (κ2) is 6.78. The molecule has 1 aromatic carbocycles. The van der Waals surface area contributed by atoms with E-state index >= 15 is 0 Å². The van der Waals surface area contributed by atoms with Crippen LogP contribution in [0.25, 0.3) is 5.69 Å². The standard InChI is InChI=1S/C20H23N5O/c1-15-19(16(2)25(22-15)17-8-4-3-5-9-17)20(26)24-13-6-10-18(24)14-23-12-7-11-21-23/h3-5,7-9,11-12,18H,6,10,13-14H2,1-2H3. The second-order valence-corrected chi connectivity index (χ2v) is 6.82. The molecule has 134 valence electrons. The van der Waals surface area contributed by atoms with Gasteiger partial charge in [0, 0.05) is 18.9 Å². The second-order valence-electron chi connectivity index (χ2n) is 6.82. The number of likely N-dealkylation sites (tertiary alicyclic amines) is 1. The molecule has 0 spiro atoms. The Hall–Kier alpha value is -2.89. The van der Waals surface area contributed by atoms with Gasteiger partial charge in [-0.25, -0.2) is 4.68 Å². The van der Waals surface area contributed by atoms with Gasteiger partial charge in [-0.3, -0.25) is 9.48 Å². The number of carbonyl (C=O) groups is 1. The van der Waals surface area contributed by atoms with Gasteiger partial charge in [0.1, 0.15) is 0 Å². The van der Waals surface area contributed by atoms with Crippen LogP contribution in [0.15, 0.2) is 48.8 Å². The SMILES string of the molecule is Cc1nn(-c2ccccc2)c(C)c1C(=O)N1CCCC1Cn1cccn1. The van der Waals surface area contributed by atoms with Crippen molar-refractivity contribution in [3.05, 3.63) is 65.7 Å². The molecule has 0 radical (unpaired) electrons. The Morgan fingerprint density at radius 2 is 2.00 bits per heavy atom. The van der Waals surface area contributed by atoms with E-state index in [1.807, 2.05) is 70.7 Å². The molecule has 1 fully saturated rings. The van der Waals surface area contributed by atoms with Crippen LogP contribution in [0.3, 0.4) is 0 Å². The first-order valence-electron chi connectivity index (χ1n) is 9.05. The minimum Gasteiger partial charge on any atom is -0.334 e. The fourth-order valence-corrected chi connectivity index (χ4v) is 3.83. The molecule has 1 unspecified atom stereocenters. The third kappa shape index (κ3) is 2.92. The maximum atomic E-state index is 13.3. The fourth-order valence-electron chi connectivity index (χ4n) is 3.83. The van der Waals surface area contributed by atoms with Gasteiger partial charge in [0.05, 0.1) is 35.2 Å². The summed E-state index contributed by atoms with van der Waals surface area (Å²) in [6, 6.07) is 12.0. The number of benzene rings is 1. The highest BCUT2D eigenvalue weighted by Gasteiger charge is 2.32. The lowest BCUT2D eigenvalue weighted by Gasteiger charge is -2.25. The smallest absolute Gasteiger partial charge is 0.257 e. The van der Waals surface area contributed by atoms with E-state index in [2.05, 4.69) is 10.2 Å². The van der Waals surface area contributed by atoms with Gasteiger partial charge in [0.25, 0.3) is 5.91 Å². The van der Waals surface area contributed by atoms with E-state index in [4.69, 9.17) is 0 Å². The van der Waals surface area contributed by atoms with Crippen molar-refractivity contribution < 1.29 is 4.79 Å². The van der Waals surface area contributed by atoms with Crippen LogP contribution in [0.2, 0.25) is 0 Å². The van der Waals surface area contributed by atoms with Crippen molar-refractivity contribution in [1.29, 1.82) is 0 Å². The highest BCUT2D eigenvalue weighted by molar-refractivity contribution is 5.97. The molecule has 0 aliphatic carbocycles. The number of hydrogen-bond donors (Lipinski definition) is 0. The van der Waals surface area contributed by atoms with E-state index in [0.717, 1.165) is 48.6 Å². The monoisotopic (exact) mass is 349 g/mol. The number of para-hydroxylation sites is 1. The van der Waals surface area contributed by atoms with Gasteiger partial charge < -0.3 is 4.90 Å². The van der Waals surface area contributed by atoms with Crippen molar-refractivity contribution in [1.82, 2.24) is 24.5 Å². The summed E-state index contributed by atoms with van der Waals surface area (Å²) in [6.07, 6.45) is 5.77. The molecule has 4 rings (SSSR count). The molecule has 0 N–H and O–H groups in total. The minimum atomic E-state index is 0.0804. The van der Waals surface area contributed by atoms with Crippen LogP contribution in [-0.4, -0.2) is 43.0 Å². The Bertz CT molecular complexity index is 898. The zero-order valence-electron chi connectivity index (χ0n) is 15.2. The molecular formula is C20H23N5O. The van der Waals surface area contributed by atoms with Crippen LogP contribution in [0.5, 0.6) is 0 Å². The van der Waals surface area contributed by atoms with Crippen molar-refractivity contribution >= 4 is 5.91 Å².